The van der Waals surface area contributed by atoms with E-state index in [2.05, 4.69) is 35.2 Å². The fourth-order valence-electron chi connectivity index (χ4n) is 2.77. The van der Waals surface area contributed by atoms with Crippen LogP contribution in [0.5, 0.6) is 11.5 Å². The standard InChI is InChI=1S/C18H21NO2/c1-20-17-9-5-6-10-18(17)21-16-11-12-19(14-16)13-15-7-3-2-4-8-15/h2-10,16H,11-14H2,1H3. The summed E-state index contributed by atoms with van der Waals surface area (Å²) < 4.78 is 11.4. The highest BCUT2D eigenvalue weighted by Gasteiger charge is 2.24. The number of rotatable bonds is 5. The molecule has 1 aliphatic rings. The number of benzene rings is 2. The second kappa shape index (κ2) is 6.64. The summed E-state index contributed by atoms with van der Waals surface area (Å²) in [5.74, 6) is 1.64. The monoisotopic (exact) mass is 283 g/mol. The number of ether oxygens (including phenoxy) is 2. The van der Waals surface area contributed by atoms with Crippen LogP contribution in [0.4, 0.5) is 0 Å². The Kier molecular flexibility index (Phi) is 4.41. The minimum Gasteiger partial charge on any atom is -0.493 e. The number of para-hydroxylation sites is 2. The van der Waals surface area contributed by atoms with Crippen LogP contribution in [0.3, 0.4) is 0 Å². The van der Waals surface area contributed by atoms with Crippen molar-refractivity contribution in [2.75, 3.05) is 20.2 Å². The molecule has 2 aromatic carbocycles. The Hall–Kier alpha value is -2.00. The summed E-state index contributed by atoms with van der Waals surface area (Å²) in [6, 6.07) is 18.4. The second-order valence-electron chi connectivity index (χ2n) is 5.40. The van der Waals surface area contributed by atoms with Crippen molar-refractivity contribution < 1.29 is 9.47 Å². The van der Waals surface area contributed by atoms with Gasteiger partial charge < -0.3 is 9.47 Å². The number of hydrogen-bond acceptors (Lipinski definition) is 3. The minimum atomic E-state index is 0.241. The lowest BCUT2D eigenvalue weighted by molar-refractivity contribution is 0.191. The number of hydrogen-bond donors (Lipinski definition) is 0. The third-order valence-corrected chi connectivity index (χ3v) is 3.84. The van der Waals surface area contributed by atoms with Crippen molar-refractivity contribution in [3.63, 3.8) is 0 Å². The SMILES string of the molecule is COc1ccccc1OC1CCN(Cc2ccccc2)C1. The van der Waals surface area contributed by atoms with Crippen LogP contribution in [0.2, 0.25) is 0 Å². The fourth-order valence-corrected chi connectivity index (χ4v) is 2.77. The summed E-state index contributed by atoms with van der Waals surface area (Å²) in [4.78, 5) is 2.44. The highest BCUT2D eigenvalue weighted by atomic mass is 16.5. The van der Waals surface area contributed by atoms with Crippen LogP contribution in [-0.2, 0) is 6.54 Å². The molecule has 3 rings (SSSR count). The van der Waals surface area contributed by atoms with Crippen LogP contribution in [0.15, 0.2) is 54.6 Å². The third kappa shape index (κ3) is 3.56. The molecule has 1 fully saturated rings. The zero-order valence-corrected chi connectivity index (χ0v) is 12.4. The topological polar surface area (TPSA) is 21.7 Å². The Morgan fingerprint density at radius 2 is 1.71 bits per heavy atom. The van der Waals surface area contributed by atoms with Gasteiger partial charge in [0.15, 0.2) is 11.5 Å². The molecule has 0 radical (unpaired) electrons. The van der Waals surface area contributed by atoms with Crippen LogP contribution in [0.25, 0.3) is 0 Å². The lowest BCUT2D eigenvalue weighted by Crippen LogP contribution is -2.24. The Labute approximate surface area is 126 Å². The van der Waals surface area contributed by atoms with Crippen molar-refractivity contribution >= 4 is 0 Å². The summed E-state index contributed by atoms with van der Waals surface area (Å²) in [7, 11) is 1.68. The van der Waals surface area contributed by atoms with Gasteiger partial charge in [0, 0.05) is 19.6 Å². The summed E-state index contributed by atoms with van der Waals surface area (Å²) in [6.45, 7) is 3.04. The van der Waals surface area contributed by atoms with Gasteiger partial charge in [-0.1, -0.05) is 42.5 Å². The number of methoxy groups -OCH3 is 1. The first kappa shape index (κ1) is 14.0. The molecular weight excluding hydrogens is 262 g/mol. The third-order valence-electron chi connectivity index (χ3n) is 3.84. The van der Waals surface area contributed by atoms with E-state index in [0.717, 1.165) is 37.6 Å². The molecule has 0 aromatic heterocycles. The summed E-state index contributed by atoms with van der Waals surface area (Å²) >= 11 is 0. The van der Waals surface area contributed by atoms with Gasteiger partial charge in [0.05, 0.1) is 7.11 Å². The molecule has 21 heavy (non-hydrogen) atoms. The molecule has 0 spiro atoms. The van der Waals surface area contributed by atoms with Crippen LogP contribution in [0, 0.1) is 0 Å². The van der Waals surface area contributed by atoms with Gasteiger partial charge in [-0.3, -0.25) is 4.90 Å². The Balaban J connectivity index is 1.57. The summed E-state index contributed by atoms with van der Waals surface area (Å²) in [5.41, 5.74) is 1.36. The van der Waals surface area contributed by atoms with Crippen molar-refractivity contribution in [2.45, 2.75) is 19.1 Å². The molecule has 1 atom stereocenters. The minimum absolute atomic E-state index is 0.241. The summed E-state index contributed by atoms with van der Waals surface area (Å²) in [6.07, 6.45) is 1.30. The van der Waals surface area contributed by atoms with E-state index in [9.17, 15) is 0 Å². The van der Waals surface area contributed by atoms with E-state index in [0.29, 0.717) is 0 Å². The van der Waals surface area contributed by atoms with Crippen molar-refractivity contribution in [1.82, 2.24) is 4.90 Å². The van der Waals surface area contributed by atoms with Crippen LogP contribution in [-0.4, -0.2) is 31.2 Å². The van der Waals surface area contributed by atoms with E-state index in [1.807, 2.05) is 24.3 Å². The van der Waals surface area contributed by atoms with E-state index < -0.39 is 0 Å². The van der Waals surface area contributed by atoms with E-state index in [1.54, 1.807) is 7.11 Å². The van der Waals surface area contributed by atoms with Crippen molar-refractivity contribution in [3.05, 3.63) is 60.2 Å². The zero-order chi connectivity index (χ0) is 14.5. The Morgan fingerprint density at radius 1 is 1.00 bits per heavy atom. The van der Waals surface area contributed by atoms with Gasteiger partial charge in [-0.15, -0.1) is 0 Å². The molecule has 1 aliphatic heterocycles. The van der Waals surface area contributed by atoms with E-state index in [1.165, 1.54) is 5.56 Å². The maximum absolute atomic E-state index is 6.10. The molecule has 110 valence electrons. The van der Waals surface area contributed by atoms with E-state index in [-0.39, 0.29) is 6.10 Å². The lowest BCUT2D eigenvalue weighted by Gasteiger charge is -2.18. The van der Waals surface area contributed by atoms with E-state index >= 15 is 0 Å². The molecule has 0 amide bonds. The molecule has 0 aliphatic carbocycles. The quantitative estimate of drug-likeness (QED) is 0.840. The molecule has 2 aromatic rings. The summed E-state index contributed by atoms with van der Waals surface area (Å²) in [5, 5.41) is 0. The van der Waals surface area contributed by atoms with Gasteiger partial charge in [-0.05, 0) is 24.1 Å². The highest BCUT2D eigenvalue weighted by Crippen LogP contribution is 2.28. The van der Waals surface area contributed by atoms with Crippen molar-refractivity contribution in [2.24, 2.45) is 0 Å². The van der Waals surface area contributed by atoms with Gasteiger partial charge in [-0.25, -0.2) is 0 Å². The molecule has 0 saturated carbocycles. The highest BCUT2D eigenvalue weighted by molar-refractivity contribution is 5.39. The molecule has 1 saturated heterocycles. The van der Waals surface area contributed by atoms with Gasteiger partial charge >= 0.3 is 0 Å². The average Bonchev–Trinajstić information content (AvgIpc) is 2.96. The molecule has 3 nitrogen and oxygen atoms in total. The number of nitrogens with zero attached hydrogens (tertiary/aromatic N) is 1. The molecule has 1 unspecified atom stereocenters. The molecule has 0 N–H and O–H groups in total. The molecule has 3 heteroatoms. The zero-order valence-electron chi connectivity index (χ0n) is 12.4. The molecule has 1 heterocycles. The largest absolute Gasteiger partial charge is 0.493 e. The van der Waals surface area contributed by atoms with Crippen LogP contribution in [0.1, 0.15) is 12.0 Å². The fraction of sp³-hybridized carbons (Fsp3) is 0.333. The Morgan fingerprint density at radius 3 is 2.48 bits per heavy atom. The average molecular weight is 283 g/mol. The first-order chi connectivity index (χ1) is 10.3. The molecular formula is C18H21NO2. The van der Waals surface area contributed by atoms with Crippen molar-refractivity contribution in [1.29, 1.82) is 0 Å². The van der Waals surface area contributed by atoms with Gasteiger partial charge in [0.1, 0.15) is 6.10 Å². The molecule has 0 bridgehead atoms. The van der Waals surface area contributed by atoms with Gasteiger partial charge in [-0.2, -0.15) is 0 Å². The van der Waals surface area contributed by atoms with Crippen molar-refractivity contribution in [3.8, 4) is 11.5 Å². The second-order valence-corrected chi connectivity index (χ2v) is 5.40. The maximum atomic E-state index is 6.10. The Bertz CT molecular complexity index is 570. The maximum Gasteiger partial charge on any atom is 0.161 e. The first-order valence-electron chi connectivity index (χ1n) is 7.41. The van der Waals surface area contributed by atoms with Crippen LogP contribution < -0.4 is 9.47 Å². The lowest BCUT2D eigenvalue weighted by atomic mass is 10.2. The smallest absolute Gasteiger partial charge is 0.161 e. The number of likely N-dealkylation sites (tertiary alicyclic amines) is 1. The normalized spacial score (nSPS) is 18.6. The predicted octanol–water partition coefficient (Wildman–Crippen LogP) is 3.35. The van der Waals surface area contributed by atoms with Crippen LogP contribution >= 0.6 is 0 Å². The van der Waals surface area contributed by atoms with E-state index in [4.69, 9.17) is 9.47 Å². The van der Waals surface area contributed by atoms with Gasteiger partial charge in [0.25, 0.3) is 0 Å². The van der Waals surface area contributed by atoms with Gasteiger partial charge in [0.2, 0.25) is 0 Å². The first-order valence-corrected chi connectivity index (χ1v) is 7.41. The predicted molar refractivity (Wildman–Crippen MR) is 83.7 cm³/mol.